The number of nitrogens with one attached hydrogen (secondary N) is 1. The third-order valence-electron chi connectivity index (χ3n) is 4.30. The fourth-order valence-corrected chi connectivity index (χ4v) is 2.99. The molecule has 0 spiro atoms. The van der Waals surface area contributed by atoms with E-state index >= 15 is 0 Å². The summed E-state index contributed by atoms with van der Waals surface area (Å²) in [6, 6.07) is 4.70. The van der Waals surface area contributed by atoms with Crippen LogP contribution in [0.1, 0.15) is 64.0 Å². The predicted octanol–water partition coefficient (Wildman–Crippen LogP) is 4.36. The van der Waals surface area contributed by atoms with Gasteiger partial charge in [0.1, 0.15) is 0 Å². The van der Waals surface area contributed by atoms with Gasteiger partial charge >= 0.3 is 0 Å². The number of nitrogens with two attached hydrogens (primary N) is 1. The molecule has 0 aliphatic heterocycles. The first-order valence-electron chi connectivity index (χ1n) is 8.06. The van der Waals surface area contributed by atoms with Crippen molar-refractivity contribution in [1.82, 2.24) is 0 Å². The SMILES string of the molecule is CNc1cc(C=NC2CCCCC2)c(N)cc1C(C)(C)C. The van der Waals surface area contributed by atoms with E-state index in [-0.39, 0.29) is 5.41 Å². The van der Waals surface area contributed by atoms with E-state index < -0.39 is 0 Å². The third kappa shape index (κ3) is 3.99. The number of rotatable bonds is 3. The van der Waals surface area contributed by atoms with E-state index in [1.54, 1.807) is 0 Å². The van der Waals surface area contributed by atoms with Gasteiger partial charge in [0.2, 0.25) is 0 Å². The Morgan fingerprint density at radius 2 is 1.86 bits per heavy atom. The molecule has 1 aliphatic carbocycles. The lowest BCUT2D eigenvalue weighted by atomic mass is 9.84. The largest absolute Gasteiger partial charge is 0.398 e. The molecule has 116 valence electrons. The molecular weight excluding hydrogens is 258 g/mol. The molecule has 3 nitrogen and oxygen atoms in total. The quantitative estimate of drug-likeness (QED) is 0.641. The van der Waals surface area contributed by atoms with E-state index in [1.165, 1.54) is 37.7 Å². The number of aliphatic imine (C=N–C) groups is 1. The van der Waals surface area contributed by atoms with Gasteiger partial charge in [0.25, 0.3) is 0 Å². The first kappa shape index (κ1) is 15.9. The van der Waals surface area contributed by atoms with Crippen LogP contribution in [0, 0.1) is 0 Å². The maximum Gasteiger partial charge on any atom is 0.0499 e. The lowest BCUT2D eigenvalue weighted by Gasteiger charge is -2.24. The van der Waals surface area contributed by atoms with Crippen molar-refractivity contribution in [2.75, 3.05) is 18.1 Å². The van der Waals surface area contributed by atoms with Gasteiger partial charge in [-0.1, -0.05) is 40.0 Å². The molecule has 0 unspecified atom stereocenters. The smallest absolute Gasteiger partial charge is 0.0499 e. The van der Waals surface area contributed by atoms with Gasteiger partial charge in [-0.3, -0.25) is 4.99 Å². The second-order valence-corrected chi connectivity index (χ2v) is 7.10. The molecule has 1 aliphatic rings. The number of nitrogens with zero attached hydrogens (tertiary/aromatic N) is 1. The molecule has 0 saturated heterocycles. The number of nitrogen functional groups attached to an aromatic ring is 1. The van der Waals surface area contributed by atoms with Crippen molar-refractivity contribution in [1.29, 1.82) is 0 Å². The Balaban J connectivity index is 2.26. The lowest BCUT2D eigenvalue weighted by molar-refractivity contribution is 0.444. The van der Waals surface area contributed by atoms with E-state index in [0.717, 1.165) is 16.9 Å². The molecule has 1 fully saturated rings. The standard InChI is InChI=1S/C18H29N3/c1-18(2,3)15-11-16(19)13(10-17(15)20-4)12-21-14-8-6-5-7-9-14/h10-12,14,20H,5-9,19H2,1-4H3. The van der Waals surface area contributed by atoms with Gasteiger partial charge in [0.05, 0.1) is 0 Å². The molecule has 0 amide bonds. The summed E-state index contributed by atoms with van der Waals surface area (Å²) >= 11 is 0. The third-order valence-corrected chi connectivity index (χ3v) is 4.30. The van der Waals surface area contributed by atoms with Crippen molar-refractivity contribution in [3.63, 3.8) is 0 Å². The van der Waals surface area contributed by atoms with Crippen LogP contribution >= 0.6 is 0 Å². The predicted molar refractivity (Wildman–Crippen MR) is 93.6 cm³/mol. The first-order chi connectivity index (χ1) is 9.91. The van der Waals surface area contributed by atoms with Crippen LogP contribution in [0.5, 0.6) is 0 Å². The minimum absolute atomic E-state index is 0.0749. The average molecular weight is 287 g/mol. The zero-order valence-electron chi connectivity index (χ0n) is 13.9. The van der Waals surface area contributed by atoms with Crippen molar-refractivity contribution in [3.05, 3.63) is 23.3 Å². The van der Waals surface area contributed by atoms with E-state index in [0.29, 0.717) is 6.04 Å². The van der Waals surface area contributed by atoms with Crippen LogP contribution in [0.25, 0.3) is 0 Å². The second-order valence-electron chi connectivity index (χ2n) is 7.10. The number of hydrogen-bond donors (Lipinski definition) is 2. The lowest BCUT2D eigenvalue weighted by Crippen LogP contribution is -2.15. The molecule has 0 atom stereocenters. The van der Waals surface area contributed by atoms with E-state index in [2.05, 4.69) is 38.2 Å². The molecule has 0 aromatic heterocycles. The van der Waals surface area contributed by atoms with Crippen LogP contribution in [-0.2, 0) is 5.41 Å². The molecule has 2 rings (SSSR count). The normalized spacial score (nSPS) is 17.3. The molecule has 1 saturated carbocycles. The molecule has 0 bridgehead atoms. The highest BCUT2D eigenvalue weighted by Crippen LogP contribution is 2.32. The van der Waals surface area contributed by atoms with E-state index in [9.17, 15) is 0 Å². The van der Waals surface area contributed by atoms with Crippen molar-refractivity contribution in [3.8, 4) is 0 Å². The molecule has 3 heteroatoms. The maximum atomic E-state index is 6.24. The van der Waals surface area contributed by atoms with Crippen molar-refractivity contribution >= 4 is 17.6 Å². The van der Waals surface area contributed by atoms with Gasteiger partial charge in [-0.05, 0) is 36.0 Å². The van der Waals surface area contributed by atoms with Gasteiger partial charge in [0, 0.05) is 36.2 Å². The average Bonchev–Trinajstić information content (AvgIpc) is 2.46. The Labute approximate surface area is 129 Å². The van der Waals surface area contributed by atoms with Crippen LogP contribution < -0.4 is 11.1 Å². The molecular formula is C18H29N3. The van der Waals surface area contributed by atoms with Crippen molar-refractivity contribution < 1.29 is 0 Å². The Bertz CT molecular complexity index is 506. The first-order valence-corrected chi connectivity index (χ1v) is 8.06. The summed E-state index contributed by atoms with van der Waals surface area (Å²) in [5.74, 6) is 0. The van der Waals surface area contributed by atoms with E-state index in [1.807, 2.05) is 13.3 Å². The second kappa shape index (κ2) is 6.50. The van der Waals surface area contributed by atoms with E-state index in [4.69, 9.17) is 10.7 Å². The summed E-state index contributed by atoms with van der Waals surface area (Å²) in [5.41, 5.74) is 10.5. The molecule has 0 heterocycles. The van der Waals surface area contributed by atoms with Crippen LogP contribution in [0.4, 0.5) is 11.4 Å². The highest BCUT2D eigenvalue weighted by Gasteiger charge is 2.19. The van der Waals surface area contributed by atoms with Gasteiger partial charge in [-0.25, -0.2) is 0 Å². The van der Waals surface area contributed by atoms with Gasteiger partial charge in [0.15, 0.2) is 0 Å². The highest BCUT2D eigenvalue weighted by molar-refractivity contribution is 5.89. The van der Waals surface area contributed by atoms with Crippen molar-refractivity contribution in [2.24, 2.45) is 4.99 Å². The number of hydrogen-bond acceptors (Lipinski definition) is 3. The van der Waals surface area contributed by atoms with Crippen LogP contribution in [0.15, 0.2) is 17.1 Å². The van der Waals surface area contributed by atoms with Crippen molar-refractivity contribution in [2.45, 2.75) is 64.3 Å². The Kier molecular flexibility index (Phi) is 4.92. The fourth-order valence-electron chi connectivity index (χ4n) is 2.99. The van der Waals surface area contributed by atoms with Crippen LogP contribution in [0.3, 0.4) is 0 Å². The summed E-state index contributed by atoms with van der Waals surface area (Å²) in [4.78, 5) is 4.75. The Morgan fingerprint density at radius 1 is 1.19 bits per heavy atom. The molecule has 1 aromatic rings. The molecule has 1 aromatic carbocycles. The zero-order chi connectivity index (χ0) is 15.5. The highest BCUT2D eigenvalue weighted by atomic mass is 14.8. The Hall–Kier alpha value is -1.51. The number of anilines is 2. The summed E-state index contributed by atoms with van der Waals surface area (Å²) < 4.78 is 0. The number of benzene rings is 1. The Morgan fingerprint density at radius 3 is 2.43 bits per heavy atom. The molecule has 3 N–H and O–H groups in total. The van der Waals surface area contributed by atoms with Gasteiger partial charge < -0.3 is 11.1 Å². The summed E-state index contributed by atoms with van der Waals surface area (Å²) in [6.07, 6.45) is 8.38. The minimum atomic E-state index is 0.0749. The van der Waals surface area contributed by atoms with Gasteiger partial charge in [-0.15, -0.1) is 0 Å². The maximum absolute atomic E-state index is 6.24. The zero-order valence-corrected chi connectivity index (χ0v) is 13.9. The summed E-state index contributed by atoms with van der Waals surface area (Å²) in [6.45, 7) is 6.62. The monoisotopic (exact) mass is 287 g/mol. The molecule has 21 heavy (non-hydrogen) atoms. The summed E-state index contributed by atoms with van der Waals surface area (Å²) in [7, 11) is 1.96. The van der Waals surface area contributed by atoms with Gasteiger partial charge in [-0.2, -0.15) is 0 Å². The molecule has 0 radical (unpaired) electrons. The fraction of sp³-hybridized carbons (Fsp3) is 0.611. The van der Waals surface area contributed by atoms with Crippen LogP contribution in [-0.4, -0.2) is 19.3 Å². The minimum Gasteiger partial charge on any atom is -0.398 e. The summed E-state index contributed by atoms with van der Waals surface area (Å²) in [5, 5.41) is 3.29. The van der Waals surface area contributed by atoms with Crippen LogP contribution in [0.2, 0.25) is 0 Å². The topological polar surface area (TPSA) is 50.4 Å².